The van der Waals surface area contributed by atoms with E-state index in [1.807, 2.05) is 0 Å². The molecule has 1 saturated carbocycles. The van der Waals surface area contributed by atoms with Crippen molar-refractivity contribution in [2.24, 2.45) is 0 Å². The van der Waals surface area contributed by atoms with E-state index in [0.29, 0.717) is 0 Å². The number of thioether (sulfide) groups is 2. The molecule has 2 atom stereocenters. The lowest BCUT2D eigenvalue weighted by Gasteiger charge is -2.32. The Bertz CT molecular complexity index is 377. The molecule has 3 rings (SSSR count). The van der Waals surface area contributed by atoms with E-state index in [1.54, 1.807) is 0 Å². The molecular weight excluding hydrogens is 280 g/mol. The van der Waals surface area contributed by atoms with Crippen LogP contribution in [0.5, 0.6) is 0 Å². The van der Waals surface area contributed by atoms with Gasteiger partial charge in [-0.1, -0.05) is 63.5 Å². The summed E-state index contributed by atoms with van der Waals surface area (Å²) >= 11 is 4.34. The second-order valence-corrected chi connectivity index (χ2v) is 8.73. The number of rotatable bonds is 0. The molecule has 1 heterocycles. The number of hydrogen-bond donors (Lipinski definition) is 0. The van der Waals surface area contributed by atoms with Gasteiger partial charge in [-0.25, -0.2) is 0 Å². The van der Waals surface area contributed by atoms with Crippen LogP contribution in [0.15, 0.2) is 34.1 Å². The van der Waals surface area contributed by atoms with Gasteiger partial charge in [-0.15, -0.1) is 23.5 Å². The second-order valence-electron chi connectivity index (χ2n) is 6.17. The van der Waals surface area contributed by atoms with Gasteiger partial charge in [0.2, 0.25) is 0 Å². The Morgan fingerprint density at radius 3 is 1.45 bits per heavy atom. The molecule has 2 aliphatic rings. The highest BCUT2D eigenvalue weighted by Gasteiger charge is 2.29. The normalized spacial score (nSPS) is 28.6. The minimum Gasteiger partial charge on any atom is -0.120 e. The third-order valence-corrected chi connectivity index (χ3v) is 7.80. The molecule has 1 aromatic rings. The fourth-order valence-corrected chi connectivity index (χ4v) is 6.47. The standard InChI is InChI=1S/C18H26S2/c1-2-4-6-8-12-16-15(11-7-5-3-1)19-17-13-9-10-14-18(17)20-16/h9-10,13-16H,1-8,11-12H2. The molecule has 0 bridgehead atoms. The Kier molecular flexibility index (Phi) is 5.78. The van der Waals surface area contributed by atoms with E-state index >= 15 is 0 Å². The van der Waals surface area contributed by atoms with Crippen molar-refractivity contribution in [1.29, 1.82) is 0 Å². The Balaban J connectivity index is 1.68. The maximum absolute atomic E-state index is 2.32. The van der Waals surface area contributed by atoms with Crippen LogP contribution in [0.4, 0.5) is 0 Å². The van der Waals surface area contributed by atoms with Gasteiger partial charge in [-0.3, -0.25) is 0 Å². The number of hydrogen-bond acceptors (Lipinski definition) is 2. The molecule has 20 heavy (non-hydrogen) atoms. The molecule has 1 fully saturated rings. The van der Waals surface area contributed by atoms with Crippen molar-refractivity contribution in [1.82, 2.24) is 0 Å². The van der Waals surface area contributed by atoms with Crippen molar-refractivity contribution in [2.45, 2.75) is 84.5 Å². The van der Waals surface area contributed by atoms with E-state index in [0.717, 1.165) is 10.5 Å². The van der Waals surface area contributed by atoms with Crippen LogP contribution in [-0.4, -0.2) is 10.5 Å². The smallest absolute Gasteiger partial charge is 0.0217 e. The zero-order valence-electron chi connectivity index (χ0n) is 12.4. The third-order valence-electron chi connectivity index (χ3n) is 4.55. The second kappa shape index (κ2) is 7.79. The van der Waals surface area contributed by atoms with Crippen LogP contribution < -0.4 is 0 Å². The maximum atomic E-state index is 2.32. The lowest BCUT2D eigenvalue weighted by molar-refractivity contribution is 0.514. The average molecular weight is 307 g/mol. The summed E-state index contributed by atoms with van der Waals surface area (Å²) in [7, 11) is 0. The van der Waals surface area contributed by atoms with Gasteiger partial charge in [-0.05, 0) is 25.0 Å². The highest BCUT2D eigenvalue weighted by Crippen LogP contribution is 2.48. The van der Waals surface area contributed by atoms with Crippen LogP contribution in [-0.2, 0) is 0 Å². The molecule has 0 saturated heterocycles. The summed E-state index contributed by atoms with van der Waals surface area (Å²) in [4.78, 5) is 3.07. The molecule has 0 nitrogen and oxygen atoms in total. The van der Waals surface area contributed by atoms with Crippen molar-refractivity contribution < 1.29 is 0 Å². The molecule has 2 unspecified atom stereocenters. The first-order valence-electron chi connectivity index (χ1n) is 8.36. The number of fused-ring (bicyclic) bond motifs is 2. The van der Waals surface area contributed by atoms with Crippen molar-refractivity contribution >= 4 is 23.5 Å². The van der Waals surface area contributed by atoms with E-state index in [-0.39, 0.29) is 0 Å². The first kappa shape index (κ1) is 14.8. The maximum Gasteiger partial charge on any atom is 0.0217 e. The van der Waals surface area contributed by atoms with Gasteiger partial charge in [0.05, 0.1) is 0 Å². The Labute approximate surface area is 132 Å². The quantitative estimate of drug-likeness (QED) is 0.534. The molecular formula is C18H26S2. The van der Waals surface area contributed by atoms with Crippen LogP contribution >= 0.6 is 23.5 Å². The summed E-state index contributed by atoms with van der Waals surface area (Å²) in [5.41, 5.74) is 0. The molecule has 1 aliphatic carbocycles. The molecule has 1 aromatic carbocycles. The molecule has 1 aliphatic heterocycles. The van der Waals surface area contributed by atoms with Gasteiger partial charge in [0.15, 0.2) is 0 Å². The molecule has 0 spiro atoms. The molecule has 0 N–H and O–H groups in total. The zero-order valence-corrected chi connectivity index (χ0v) is 14.0. The summed E-state index contributed by atoms with van der Waals surface area (Å²) in [6, 6.07) is 9.03. The molecule has 2 heteroatoms. The molecule has 0 radical (unpaired) electrons. The Morgan fingerprint density at radius 2 is 1.00 bits per heavy atom. The minimum absolute atomic E-state index is 0.856. The Morgan fingerprint density at radius 1 is 0.600 bits per heavy atom. The lowest BCUT2D eigenvalue weighted by Crippen LogP contribution is -2.23. The van der Waals surface area contributed by atoms with Crippen molar-refractivity contribution in [3.63, 3.8) is 0 Å². The van der Waals surface area contributed by atoms with Gasteiger partial charge in [0.25, 0.3) is 0 Å². The van der Waals surface area contributed by atoms with Gasteiger partial charge in [0, 0.05) is 20.3 Å². The van der Waals surface area contributed by atoms with Gasteiger partial charge >= 0.3 is 0 Å². The van der Waals surface area contributed by atoms with E-state index in [4.69, 9.17) is 0 Å². The fraction of sp³-hybridized carbons (Fsp3) is 0.667. The summed E-state index contributed by atoms with van der Waals surface area (Å²) < 4.78 is 0. The average Bonchev–Trinajstić information content (AvgIpc) is 2.47. The van der Waals surface area contributed by atoms with Crippen molar-refractivity contribution in [2.75, 3.05) is 0 Å². The molecule has 110 valence electrons. The SMILES string of the molecule is c1ccc2c(c1)SC1CCCCCCCCCCC1S2. The van der Waals surface area contributed by atoms with Crippen molar-refractivity contribution in [3.8, 4) is 0 Å². The van der Waals surface area contributed by atoms with E-state index in [1.165, 1.54) is 74.0 Å². The predicted molar refractivity (Wildman–Crippen MR) is 91.9 cm³/mol. The highest BCUT2D eigenvalue weighted by atomic mass is 32.2. The topological polar surface area (TPSA) is 0 Å². The van der Waals surface area contributed by atoms with E-state index < -0.39 is 0 Å². The predicted octanol–water partition coefficient (Wildman–Crippen LogP) is 6.54. The van der Waals surface area contributed by atoms with E-state index in [2.05, 4.69) is 47.8 Å². The highest BCUT2D eigenvalue weighted by molar-refractivity contribution is 8.06. The third kappa shape index (κ3) is 3.98. The molecule has 0 aromatic heterocycles. The summed E-state index contributed by atoms with van der Waals surface area (Å²) in [6.07, 6.45) is 14.5. The summed E-state index contributed by atoms with van der Waals surface area (Å²) in [5.74, 6) is 0. The van der Waals surface area contributed by atoms with Crippen molar-refractivity contribution in [3.05, 3.63) is 24.3 Å². The first-order chi connectivity index (χ1) is 9.93. The summed E-state index contributed by atoms with van der Waals surface area (Å²) in [5, 5.41) is 1.71. The van der Waals surface area contributed by atoms with Gasteiger partial charge < -0.3 is 0 Å². The van der Waals surface area contributed by atoms with Crippen LogP contribution in [0.1, 0.15) is 64.2 Å². The van der Waals surface area contributed by atoms with Gasteiger partial charge in [-0.2, -0.15) is 0 Å². The van der Waals surface area contributed by atoms with Crippen LogP contribution in [0.3, 0.4) is 0 Å². The lowest BCUT2D eigenvalue weighted by atomic mass is 10.0. The zero-order chi connectivity index (χ0) is 13.6. The van der Waals surface area contributed by atoms with Crippen LogP contribution in [0, 0.1) is 0 Å². The van der Waals surface area contributed by atoms with E-state index in [9.17, 15) is 0 Å². The minimum atomic E-state index is 0.856. The van der Waals surface area contributed by atoms with Gasteiger partial charge in [0.1, 0.15) is 0 Å². The Hall–Kier alpha value is -0.0800. The van der Waals surface area contributed by atoms with Crippen LogP contribution in [0.25, 0.3) is 0 Å². The summed E-state index contributed by atoms with van der Waals surface area (Å²) in [6.45, 7) is 0. The monoisotopic (exact) mass is 306 g/mol. The first-order valence-corrected chi connectivity index (χ1v) is 10.1. The van der Waals surface area contributed by atoms with Crippen LogP contribution in [0.2, 0.25) is 0 Å². The largest absolute Gasteiger partial charge is 0.120 e. The fourth-order valence-electron chi connectivity index (χ4n) is 3.36. The molecule has 0 amide bonds. The number of benzene rings is 1.